The van der Waals surface area contributed by atoms with E-state index in [-0.39, 0.29) is 11.8 Å². The molecular weight excluding hydrogens is 322 g/mol. The monoisotopic (exact) mass is 343 g/mol. The van der Waals surface area contributed by atoms with E-state index in [0.717, 1.165) is 49.4 Å². The molecule has 24 heavy (non-hydrogen) atoms. The Hall–Kier alpha value is -1.92. The Bertz CT molecular complexity index is 758. The molecule has 6 heteroatoms. The molecule has 0 bridgehead atoms. The van der Waals surface area contributed by atoms with Gasteiger partial charge in [-0.2, -0.15) is 0 Å². The second kappa shape index (κ2) is 6.53. The first-order valence-corrected chi connectivity index (χ1v) is 9.33. The van der Waals surface area contributed by atoms with Gasteiger partial charge >= 0.3 is 0 Å². The van der Waals surface area contributed by atoms with Crippen LogP contribution >= 0.6 is 11.3 Å². The number of carbonyl (C=O) groups is 1. The smallest absolute Gasteiger partial charge is 0.229 e. The van der Waals surface area contributed by atoms with Gasteiger partial charge in [-0.15, -0.1) is 11.3 Å². The molecule has 5 nitrogen and oxygen atoms in total. The van der Waals surface area contributed by atoms with Crippen molar-refractivity contribution in [1.82, 2.24) is 10.3 Å². The van der Waals surface area contributed by atoms with E-state index in [2.05, 4.69) is 28.6 Å². The average Bonchev–Trinajstić information content (AvgIpc) is 3.23. The fourth-order valence-corrected chi connectivity index (χ4v) is 4.11. The SMILES string of the molecule is C[C@H]1C[C@@H](C(=O)Nc2nc(-c3ccc4c(c3)CCO4)cs2)CCN1. The van der Waals surface area contributed by atoms with Crippen LogP contribution in [0.25, 0.3) is 11.3 Å². The summed E-state index contributed by atoms with van der Waals surface area (Å²) in [7, 11) is 0. The van der Waals surface area contributed by atoms with Crippen molar-refractivity contribution >= 4 is 22.4 Å². The molecule has 0 radical (unpaired) electrons. The molecule has 2 aliphatic rings. The van der Waals surface area contributed by atoms with Gasteiger partial charge in [0.15, 0.2) is 5.13 Å². The lowest BCUT2D eigenvalue weighted by Crippen LogP contribution is -2.40. The molecule has 126 valence electrons. The van der Waals surface area contributed by atoms with Crippen molar-refractivity contribution in [2.24, 2.45) is 5.92 Å². The predicted octanol–water partition coefficient (Wildman–Crippen LogP) is 3.07. The molecule has 0 saturated carbocycles. The van der Waals surface area contributed by atoms with Crippen LogP contribution in [-0.4, -0.2) is 30.1 Å². The van der Waals surface area contributed by atoms with Crippen molar-refractivity contribution in [3.63, 3.8) is 0 Å². The number of rotatable bonds is 3. The third kappa shape index (κ3) is 3.16. The third-order valence-electron chi connectivity index (χ3n) is 4.71. The van der Waals surface area contributed by atoms with Crippen LogP contribution in [0, 0.1) is 5.92 Å². The largest absolute Gasteiger partial charge is 0.493 e. The number of hydrogen-bond donors (Lipinski definition) is 2. The van der Waals surface area contributed by atoms with Gasteiger partial charge in [-0.1, -0.05) is 0 Å². The molecule has 1 fully saturated rings. The lowest BCUT2D eigenvalue weighted by atomic mass is 9.92. The highest BCUT2D eigenvalue weighted by Gasteiger charge is 2.25. The highest BCUT2D eigenvalue weighted by molar-refractivity contribution is 7.14. The summed E-state index contributed by atoms with van der Waals surface area (Å²) in [5.41, 5.74) is 3.21. The third-order valence-corrected chi connectivity index (χ3v) is 5.47. The number of thiazole rings is 1. The van der Waals surface area contributed by atoms with E-state index in [0.29, 0.717) is 11.2 Å². The van der Waals surface area contributed by atoms with Crippen molar-refractivity contribution in [1.29, 1.82) is 0 Å². The number of ether oxygens (including phenoxy) is 1. The van der Waals surface area contributed by atoms with Gasteiger partial charge in [-0.25, -0.2) is 4.98 Å². The molecule has 1 saturated heterocycles. The van der Waals surface area contributed by atoms with Crippen molar-refractivity contribution in [2.45, 2.75) is 32.2 Å². The van der Waals surface area contributed by atoms with E-state index < -0.39 is 0 Å². The summed E-state index contributed by atoms with van der Waals surface area (Å²) in [6.07, 6.45) is 2.72. The highest BCUT2D eigenvalue weighted by atomic mass is 32.1. The van der Waals surface area contributed by atoms with E-state index in [1.807, 2.05) is 17.5 Å². The Labute approximate surface area is 145 Å². The zero-order valence-corrected chi connectivity index (χ0v) is 14.5. The van der Waals surface area contributed by atoms with Gasteiger partial charge in [0.2, 0.25) is 5.91 Å². The van der Waals surface area contributed by atoms with Gasteiger partial charge in [0.25, 0.3) is 0 Å². The Morgan fingerprint density at radius 2 is 2.38 bits per heavy atom. The molecular formula is C18H21N3O2S. The Morgan fingerprint density at radius 3 is 3.25 bits per heavy atom. The summed E-state index contributed by atoms with van der Waals surface area (Å²) in [6.45, 7) is 3.78. The molecule has 4 rings (SSSR count). The molecule has 3 heterocycles. The Morgan fingerprint density at radius 1 is 1.46 bits per heavy atom. The molecule has 2 atom stereocenters. The molecule has 0 aliphatic carbocycles. The lowest BCUT2D eigenvalue weighted by Gasteiger charge is -2.26. The maximum atomic E-state index is 12.4. The highest BCUT2D eigenvalue weighted by Crippen LogP contribution is 2.32. The van der Waals surface area contributed by atoms with Gasteiger partial charge < -0.3 is 15.4 Å². The molecule has 1 aromatic carbocycles. The van der Waals surface area contributed by atoms with Crippen LogP contribution in [0.5, 0.6) is 5.75 Å². The number of fused-ring (bicyclic) bond motifs is 1. The average molecular weight is 343 g/mol. The van der Waals surface area contributed by atoms with Crippen molar-refractivity contribution in [2.75, 3.05) is 18.5 Å². The van der Waals surface area contributed by atoms with E-state index in [9.17, 15) is 4.79 Å². The minimum Gasteiger partial charge on any atom is -0.493 e. The van der Waals surface area contributed by atoms with Gasteiger partial charge in [0, 0.05) is 29.3 Å². The zero-order chi connectivity index (χ0) is 16.5. The summed E-state index contributed by atoms with van der Waals surface area (Å²) < 4.78 is 5.54. The van der Waals surface area contributed by atoms with Crippen molar-refractivity contribution in [3.05, 3.63) is 29.1 Å². The number of amides is 1. The molecule has 0 spiro atoms. The number of nitrogens with zero attached hydrogens (tertiary/aromatic N) is 1. The van der Waals surface area contributed by atoms with Crippen LogP contribution < -0.4 is 15.4 Å². The van der Waals surface area contributed by atoms with Gasteiger partial charge in [-0.3, -0.25) is 4.79 Å². The second-order valence-corrected chi connectivity index (χ2v) is 7.38. The number of anilines is 1. The van der Waals surface area contributed by atoms with Crippen molar-refractivity contribution < 1.29 is 9.53 Å². The fraction of sp³-hybridized carbons (Fsp3) is 0.444. The molecule has 2 N–H and O–H groups in total. The van der Waals surface area contributed by atoms with Crippen LogP contribution in [0.4, 0.5) is 5.13 Å². The summed E-state index contributed by atoms with van der Waals surface area (Å²) in [5.74, 6) is 1.14. The molecule has 0 unspecified atom stereocenters. The second-order valence-electron chi connectivity index (χ2n) is 6.52. The van der Waals surface area contributed by atoms with Gasteiger partial charge in [-0.05, 0) is 50.1 Å². The first-order chi connectivity index (χ1) is 11.7. The number of hydrogen-bond acceptors (Lipinski definition) is 5. The van der Waals surface area contributed by atoms with Crippen molar-refractivity contribution in [3.8, 4) is 17.0 Å². The molecule has 2 aromatic rings. The Balaban J connectivity index is 1.46. The molecule has 2 aliphatic heterocycles. The number of aromatic nitrogens is 1. The summed E-state index contributed by atoms with van der Waals surface area (Å²) in [6, 6.07) is 6.57. The fourth-order valence-electron chi connectivity index (χ4n) is 3.39. The zero-order valence-electron chi connectivity index (χ0n) is 13.7. The Kier molecular flexibility index (Phi) is 4.24. The number of piperidine rings is 1. The molecule has 1 amide bonds. The number of carbonyl (C=O) groups excluding carboxylic acids is 1. The number of benzene rings is 1. The summed E-state index contributed by atoms with van der Waals surface area (Å²) >= 11 is 1.48. The minimum absolute atomic E-state index is 0.0748. The minimum atomic E-state index is 0.0748. The van der Waals surface area contributed by atoms with Gasteiger partial charge in [0.1, 0.15) is 5.75 Å². The number of nitrogens with one attached hydrogen (secondary N) is 2. The van der Waals surface area contributed by atoms with Crippen LogP contribution in [0.15, 0.2) is 23.6 Å². The topological polar surface area (TPSA) is 63.2 Å². The molecule has 1 aromatic heterocycles. The maximum Gasteiger partial charge on any atom is 0.229 e. The van der Waals surface area contributed by atoms with E-state index >= 15 is 0 Å². The van der Waals surface area contributed by atoms with Crippen LogP contribution in [-0.2, 0) is 11.2 Å². The first-order valence-electron chi connectivity index (χ1n) is 8.45. The first kappa shape index (κ1) is 15.6. The predicted molar refractivity (Wildman–Crippen MR) is 95.6 cm³/mol. The van der Waals surface area contributed by atoms with E-state index in [4.69, 9.17) is 4.74 Å². The van der Waals surface area contributed by atoms with Crippen LogP contribution in [0.1, 0.15) is 25.3 Å². The lowest BCUT2D eigenvalue weighted by molar-refractivity contribution is -0.120. The summed E-state index contributed by atoms with van der Waals surface area (Å²) in [4.78, 5) is 17.0. The van der Waals surface area contributed by atoms with E-state index in [1.54, 1.807) is 0 Å². The van der Waals surface area contributed by atoms with Gasteiger partial charge in [0.05, 0.1) is 12.3 Å². The quantitative estimate of drug-likeness (QED) is 0.899. The van der Waals surface area contributed by atoms with E-state index in [1.165, 1.54) is 16.9 Å². The van der Waals surface area contributed by atoms with Crippen LogP contribution in [0.2, 0.25) is 0 Å². The normalized spacial score (nSPS) is 22.7. The summed E-state index contributed by atoms with van der Waals surface area (Å²) in [5, 5.41) is 9.04. The standard InChI is InChI=1S/C18H21N3O2S/c1-11-8-14(4-6-19-11)17(22)21-18-20-15(10-24-18)12-2-3-16-13(9-12)5-7-23-16/h2-3,9-11,14,19H,4-8H2,1H3,(H,20,21,22)/t11-,14-/m0/s1. The van der Waals surface area contributed by atoms with Crippen LogP contribution in [0.3, 0.4) is 0 Å². The maximum absolute atomic E-state index is 12.4.